The molecule has 0 aliphatic carbocycles. The molecule has 2 aromatic carbocycles. The van der Waals surface area contributed by atoms with Crippen molar-refractivity contribution in [3.8, 4) is 11.1 Å². The molecule has 0 atom stereocenters. The minimum atomic E-state index is -3.59. The highest BCUT2D eigenvalue weighted by atomic mass is 32.2. The number of amides is 1. The number of nitrogens with zero attached hydrogens (tertiary/aromatic N) is 1. The summed E-state index contributed by atoms with van der Waals surface area (Å²) in [6.07, 6.45) is 0. The van der Waals surface area contributed by atoms with Gasteiger partial charge in [0.15, 0.2) is 0 Å². The molecule has 1 amide bonds. The Morgan fingerprint density at radius 2 is 1.68 bits per heavy atom. The fraction of sp³-hybridized carbons (Fsp3) is 0.182. The second-order valence-electron chi connectivity index (χ2n) is 6.71. The summed E-state index contributed by atoms with van der Waals surface area (Å²) in [5.74, 6) is -0.980. The van der Waals surface area contributed by atoms with Crippen LogP contribution in [0.25, 0.3) is 11.1 Å². The Labute approximate surface area is 185 Å². The van der Waals surface area contributed by atoms with Gasteiger partial charge in [-0.15, -0.1) is 11.3 Å². The molecule has 3 aromatic rings. The first-order chi connectivity index (χ1) is 14.8. The van der Waals surface area contributed by atoms with Gasteiger partial charge in [-0.25, -0.2) is 17.5 Å². The molecule has 31 heavy (non-hydrogen) atoms. The van der Waals surface area contributed by atoms with Crippen molar-refractivity contribution in [1.29, 1.82) is 0 Å². The van der Waals surface area contributed by atoms with Gasteiger partial charge in [0.1, 0.15) is 10.6 Å². The SMILES string of the molecule is CCOC(=O)c1c(-c2ccccc2)csc1NC(=O)c1ccc(S(=O)(=O)N(C)C)cc1. The summed E-state index contributed by atoms with van der Waals surface area (Å²) < 4.78 is 30.7. The number of nitrogens with one attached hydrogen (secondary N) is 1. The molecule has 1 N–H and O–H groups in total. The van der Waals surface area contributed by atoms with E-state index in [0.29, 0.717) is 16.1 Å². The molecular formula is C22H22N2O5S2. The lowest BCUT2D eigenvalue weighted by molar-refractivity contribution is 0.0529. The molecule has 0 aliphatic heterocycles. The van der Waals surface area contributed by atoms with Crippen molar-refractivity contribution in [2.24, 2.45) is 0 Å². The van der Waals surface area contributed by atoms with E-state index < -0.39 is 21.9 Å². The average Bonchev–Trinajstić information content (AvgIpc) is 3.18. The van der Waals surface area contributed by atoms with Crippen molar-refractivity contribution >= 4 is 38.2 Å². The second kappa shape index (κ2) is 9.42. The van der Waals surface area contributed by atoms with Crippen LogP contribution in [0.2, 0.25) is 0 Å². The number of hydrogen-bond acceptors (Lipinski definition) is 6. The number of carbonyl (C=O) groups excluding carboxylic acids is 2. The third-order valence-corrected chi connectivity index (χ3v) is 7.20. The molecule has 1 aromatic heterocycles. The van der Waals surface area contributed by atoms with Gasteiger partial charge in [-0.05, 0) is 36.8 Å². The van der Waals surface area contributed by atoms with Crippen LogP contribution in [-0.4, -0.2) is 45.3 Å². The van der Waals surface area contributed by atoms with E-state index in [1.165, 1.54) is 49.7 Å². The van der Waals surface area contributed by atoms with Crippen LogP contribution in [0.3, 0.4) is 0 Å². The van der Waals surface area contributed by atoms with Crippen LogP contribution in [0.15, 0.2) is 64.9 Å². The van der Waals surface area contributed by atoms with Crippen molar-refractivity contribution in [2.45, 2.75) is 11.8 Å². The largest absolute Gasteiger partial charge is 0.462 e. The molecule has 0 saturated carbocycles. The fourth-order valence-corrected chi connectivity index (χ4v) is 4.70. The third kappa shape index (κ3) is 4.84. The van der Waals surface area contributed by atoms with Crippen LogP contribution < -0.4 is 5.32 Å². The second-order valence-corrected chi connectivity index (χ2v) is 9.74. The minimum absolute atomic E-state index is 0.0868. The fourth-order valence-electron chi connectivity index (χ4n) is 2.85. The number of hydrogen-bond donors (Lipinski definition) is 1. The number of thiophene rings is 1. The number of rotatable bonds is 7. The first kappa shape index (κ1) is 22.7. The smallest absolute Gasteiger partial charge is 0.341 e. The highest BCUT2D eigenvalue weighted by Crippen LogP contribution is 2.36. The lowest BCUT2D eigenvalue weighted by Gasteiger charge is -2.12. The molecule has 0 spiro atoms. The summed E-state index contributed by atoms with van der Waals surface area (Å²) in [6, 6.07) is 15.0. The van der Waals surface area contributed by atoms with Gasteiger partial charge in [-0.1, -0.05) is 30.3 Å². The average molecular weight is 459 g/mol. The van der Waals surface area contributed by atoms with E-state index >= 15 is 0 Å². The van der Waals surface area contributed by atoms with Crippen molar-refractivity contribution in [3.63, 3.8) is 0 Å². The van der Waals surface area contributed by atoms with Crippen molar-refractivity contribution in [3.05, 3.63) is 71.1 Å². The first-order valence-corrected chi connectivity index (χ1v) is 11.8. The van der Waals surface area contributed by atoms with Crippen LogP contribution in [-0.2, 0) is 14.8 Å². The summed E-state index contributed by atoms with van der Waals surface area (Å²) in [6.45, 7) is 1.92. The summed E-state index contributed by atoms with van der Waals surface area (Å²) in [7, 11) is -0.710. The molecule has 0 unspecified atom stereocenters. The molecule has 0 aliphatic rings. The molecule has 1 heterocycles. The van der Waals surface area contributed by atoms with Gasteiger partial charge in [-0.2, -0.15) is 0 Å². The van der Waals surface area contributed by atoms with Crippen molar-refractivity contribution in [1.82, 2.24) is 4.31 Å². The lowest BCUT2D eigenvalue weighted by atomic mass is 10.0. The number of carbonyl (C=O) groups is 2. The highest BCUT2D eigenvalue weighted by Gasteiger charge is 2.23. The van der Waals surface area contributed by atoms with E-state index in [9.17, 15) is 18.0 Å². The van der Waals surface area contributed by atoms with Gasteiger partial charge in [0, 0.05) is 30.6 Å². The van der Waals surface area contributed by atoms with Crippen LogP contribution >= 0.6 is 11.3 Å². The van der Waals surface area contributed by atoms with Gasteiger partial charge in [0.05, 0.1) is 11.5 Å². The summed E-state index contributed by atoms with van der Waals surface area (Å²) in [5.41, 5.74) is 2.06. The normalized spacial score (nSPS) is 11.4. The summed E-state index contributed by atoms with van der Waals surface area (Å²) in [5, 5.41) is 4.92. The van der Waals surface area contributed by atoms with Gasteiger partial charge in [-0.3, -0.25) is 4.79 Å². The molecule has 7 nitrogen and oxygen atoms in total. The Morgan fingerprint density at radius 3 is 2.26 bits per heavy atom. The van der Waals surface area contributed by atoms with Crippen LogP contribution in [0.4, 0.5) is 5.00 Å². The van der Waals surface area contributed by atoms with E-state index in [-0.39, 0.29) is 17.1 Å². The predicted octanol–water partition coefficient (Wildman–Crippen LogP) is 4.09. The Morgan fingerprint density at radius 1 is 1.03 bits per heavy atom. The third-order valence-electron chi connectivity index (χ3n) is 4.48. The Kier molecular flexibility index (Phi) is 6.89. The lowest BCUT2D eigenvalue weighted by Crippen LogP contribution is -2.22. The molecule has 0 radical (unpaired) electrons. The van der Waals surface area contributed by atoms with E-state index in [0.717, 1.165) is 9.87 Å². The van der Waals surface area contributed by atoms with Crippen LogP contribution in [0.5, 0.6) is 0 Å². The Bertz CT molecular complexity index is 1180. The molecule has 0 saturated heterocycles. The minimum Gasteiger partial charge on any atom is -0.462 e. The first-order valence-electron chi connectivity index (χ1n) is 9.43. The molecule has 3 rings (SSSR count). The van der Waals surface area contributed by atoms with E-state index in [1.807, 2.05) is 30.3 Å². The van der Waals surface area contributed by atoms with Crippen LogP contribution in [0.1, 0.15) is 27.6 Å². The Balaban J connectivity index is 1.91. The highest BCUT2D eigenvalue weighted by molar-refractivity contribution is 7.89. The van der Waals surface area contributed by atoms with Gasteiger partial charge in [0.25, 0.3) is 5.91 Å². The Hall–Kier alpha value is -3.01. The maximum absolute atomic E-state index is 12.8. The number of benzene rings is 2. The zero-order valence-corrected chi connectivity index (χ0v) is 18.9. The van der Waals surface area contributed by atoms with Gasteiger partial charge in [0.2, 0.25) is 10.0 Å². The molecule has 162 valence electrons. The van der Waals surface area contributed by atoms with E-state index in [4.69, 9.17) is 4.74 Å². The molecule has 0 bridgehead atoms. The number of anilines is 1. The molecular weight excluding hydrogens is 436 g/mol. The molecule has 9 heteroatoms. The maximum Gasteiger partial charge on any atom is 0.341 e. The van der Waals surface area contributed by atoms with E-state index in [2.05, 4.69) is 5.32 Å². The monoisotopic (exact) mass is 458 g/mol. The number of ether oxygens (including phenoxy) is 1. The zero-order valence-electron chi connectivity index (χ0n) is 17.3. The maximum atomic E-state index is 12.8. The standard InChI is InChI=1S/C22H22N2O5S2/c1-4-29-22(26)19-18(15-8-6-5-7-9-15)14-30-21(19)23-20(25)16-10-12-17(13-11-16)31(27,28)24(2)3/h5-14H,4H2,1-3H3,(H,23,25). The molecule has 0 fully saturated rings. The van der Waals surface area contributed by atoms with Crippen molar-refractivity contribution < 1.29 is 22.7 Å². The number of sulfonamides is 1. The van der Waals surface area contributed by atoms with E-state index in [1.54, 1.807) is 12.3 Å². The quantitative estimate of drug-likeness (QED) is 0.538. The zero-order chi connectivity index (χ0) is 22.6. The topological polar surface area (TPSA) is 92.8 Å². The summed E-state index contributed by atoms with van der Waals surface area (Å²) >= 11 is 1.22. The predicted molar refractivity (Wildman–Crippen MR) is 121 cm³/mol. The summed E-state index contributed by atoms with van der Waals surface area (Å²) in [4.78, 5) is 25.5. The van der Waals surface area contributed by atoms with Crippen molar-refractivity contribution in [2.75, 3.05) is 26.0 Å². The van der Waals surface area contributed by atoms with Gasteiger partial charge >= 0.3 is 5.97 Å². The van der Waals surface area contributed by atoms with Gasteiger partial charge < -0.3 is 10.1 Å². The van der Waals surface area contributed by atoms with Crippen LogP contribution in [0, 0.1) is 0 Å². The number of esters is 1.